The van der Waals surface area contributed by atoms with Gasteiger partial charge in [0.15, 0.2) is 5.16 Å². The van der Waals surface area contributed by atoms with Gasteiger partial charge >= 0.3 is 0 Å². The summed E-state index contributed by atoms with van der Waals surface area (Å²) in [6, 6.07) is 12.7. The van der Waals surface area contributed by atoms with E-state index < -0.39 is 0 Å². The average molecular weight is 500 g/mol. The van der Waals surface area contributed by atoms with Crippen molar-refractivity contribution in [2.24, 2.45) is 0 Å². The third kappa shape index (κ3) is 7.20. The number of thioether (sulfide) groups is 1. The van der Waals surface area contributed by atoms with Crippen LogP contribution in [-0.4, -0.2) is 77.2 Å². The van der Waals surface area contributed by atoms with E-state index in [9.17, 15) is 4.79 Å². The Balaban J connectivity index is 1.23. The highest BCUT2D eigenvalue weighted by molar-refractivity contribution is 7.99. The largest absolute Gasteiger partial charge is 0.357 e. The third-order valence-electron chi connectivity index (χ3n) is 6.67. The molecule has 1 aliphatic carbocycles. The number of benzene rings is 1. The molecule has 1 aliphatic heterocycles. The molecule has 34 heavy (non-hydrogen) atoms. The first-order valence-electron chi connectivity index (χ1n) is 12.2. The molecule has 182 valence electrons. The van der Waals surface area contributed by atoms with Crippen molar-refractivity contribution in [1.82, 2.24) is 19.8 Å². The van der Waals surface area contributed by atoms with Gasteiger partial charge in [0.1, 0.15) is 11.0 Å². The van der Waals surface area contributed by atoms with Crippen LogP contribution in [0.5, 0.6) is 0 Å². The van der Waals surface area contributed by atoms with E-state index in [0.717, 1.165) is 38.5 Å². The van der Waals surface area contributed by atoms with Crippen LogP contribution in [-0.2, 0) is 4.79 Å². The lowest BCUT2D eigenvalue weighted by atomic mass is 9.94. The number of hydrogen-bond acceptors (Lipinski definition) is 6. The number of aromatic nitrogens is 2. The van der Waals surface area contributed by atoms with Crippen LogP contribution in [0.1, 0.15) is 37.7 Å². The Kier molecular flexibility index (Phi) is 9.25. The Morgan fingerprint density at radius 1 is 1.12 bits per heavy atom. The summed E-state index contributed by atoms with van der Waals surface area (Å²) in [5, 5.41) is 1.00. The molecule has 1 saturated carbocycles. The number of amides is 1. The van der Waals surface area contributed by atoms with E-state index in [2.05, 4.69) is 46.1 Å². The molecule has 8 heteroatoms. The number of nitrogens with zero attached hydrogens (tertiary/aromatic N) is 5. The van der Waals surface area contributed by atoms with Gasteiger partial charge in [0.25, 0.3) is 0 Å². The molecule has 0 unspecified atom stereocenters. The summed E-state index contributed by atoms with van der Waals surface area (Å²) in [5.41, 5.74) is 1.21. The van der Waals surface area contributed by atoms with E-state index >= 15 is 0 Å². The Labute approximate surface area is 212 Å². The van der Waals surface area contributed by atoms with Crippen LogP contribution in [0.25, 0.3) is 6.08 Å². The predicted octanol–water partition coefficient (Wildman–Crippen LogP) is 4.85. The summed E-state index contributed by atoms with van der Waals surface area (Å²) >= 11 is 7.67. The first-order chi connectivity index (χ1) is 16.6. The Hall–Kier alpha value is -2.09. The number of carbonyl (C=O) groups is 1. The van der Waals surface area contributed by atoms with Gasteiger partial charge in [0.2, 0.25) is 5.91 Å². The smallest absolute Gasteiger partial charge is 0.233 e. The maximum absolute atomic E-state index is 12.8. The molecular weight excluding hydrogens is 466 g/mol. The highest BCUT2D eigenvalue weighted by Gasteiger charge is 2.22. The fourth-order valence-electron chi connectivity index (χ4n) is 4.59. The van der Waals surface area contributed by atoms with Gasteiger partial charge in [-0.05, 0) is 18.4 Å². The maximum atomic E-state index is 12.8. The summed E-state index contributed by atoms with van der Waals surface area (Å²) in [7, 11) is 2.09. The monoisotopic (exact) mass is 499 g/mol. The van der Waals surface area contributed by atoms with Crippen molar-refractivity contribution in [2.45, 2.75) is 43.3 Å². The van der Waals surface area contributed by atoms with Gasteiger partial charge in [-0.2, -0.15) is 0 Å². The fourth-order valence-corrected chi connectivity index (χ4v) is 5.57. The minimum absolute atomic E-state index is 0.134. The van der Waals surface area contributed by atoms with Crippen LogP contribution in [0.4, 0.5) is 5.82 Å². The molecule has 0 radical (unpaired) electrons. The molecule has 4 rings (SSSR count). The molecule has 1 saturated heterocycles. The van der Waals surface area contributed by atoms with E-state index in [4.69, 9.17) is 16.6 Å². The zero-order chi connectivity index (χ0) is 23.8. The Morgan fingerprint density at radius 2 is 1.85 bits per heavy atom. The van der Waals surface area contributed by atoms with E-state index in [-0.39, 0.29) is 5.91 Å². The van der Waals surface area contributed by atoms with Gasteiger partial charge in [-0.1, -0.05) is 85.1 Å². The van der Waals surface area contributed by atoms with E-state index in [0.29, 0.717) is 22.1 Å². The molecule has 0 N–H and O–H groups in total. The minimum atomic E-state index is 0.134. The molecule has 2 fully saturated rings. The number of hydrogen-bond donors (Lipinski definition) is 0. The molecule has 1 amide bonds. The lowest BCUT2D eigenvalue weighted by Gasteiger charge is -2.34. The molecule has 0 atom stereocenters. The van der Waals surface area contributed by atoms with Crippen LogP contribution in [0.15, 0.2) is 47.6 Å². The molecule has 6 nitrogen and oxygen atoms in total. The van der Waals surface area contributed by atoms with Gasteiger partial charge in [-0.25, -0.2) is 9.97 Å². The van der Waals surface area contributed by atoms with Gasteiger partial charge in [-0.3, -0.25) is 9.69 Å². The van der Waals surface area contributed by atoms with Gasteiger partial charge in [0.05, 0.1) is 5.75 Å². The Bertz CT molecular complexity index is 959. The van der Waals surface area contributed by atoms with E-state index in [1.165, 1.54) is 49.4 Å². The molecular formula is C26H34ClN5OS. The van der Waals surface area contributed by atoms with Crippen molar-refractivity contribution in [3.05, 3.63) is 53.2 Å². The lowest BCUT2D eigenvalue weighted by molar-refractivity contribution is -0.130. The van der Waals surface area contributed by atoms with E-state index in [1.54, 1.807) is 0 Å². The molecule has 2 aliphatic rings. The highest BCUT2D eigenvalue weighted by atomic mass is 35.5. The van der Waals surface area contributed by atoms with Crippen molar-refractivity contribution in [2.75, 3.05) is 50.4 Å². The molecule has 1 aromatic heterocycles. The van der Waals surface area contributed by atoms with Gasteiger partial charge in [0, 0.05) is 51.9 Å². The summed E-state index contributed by atoms with van der Waals surface area (Å²) in [6.07, 6.45) is 10.6. The molecule has 1 aromatic carbocycles. The molecule has 0 spiro atoms. The summed E-state index contributed by atoms with van der Waals surface area (Å²) in [5.74, 6) is 1.31. The molecule has 0 bridgehead atoms. The third-order valence-corrected chi connectivity index (χ3v) is 7.69. The SMILES string of the molecule is CN(c1cc(Cl)nc(SCC(=O)N2CCN(C/C=C/c3ccccc3)CC2)n1)C1CCCCC1. The Morgan fingerprint density at radius 3 is 2.59 bits per heavy atom. The second-order valence-corrected chi connectivity index (χ2v) is 10.3. The standard InChI is InChI=1S/C26H34ClN5OS/c1-30(22-12-6-3-7-13-22)24-19-23(27)28-26(29-24)34-20-25(33)32-17-15-31(16-18-32)14-8-11-21-9-4-2-5-10-21/h2,4-5,8-11,19,22H,3,6-7,12-18,20H2,1H3/b11-8+. The van der Waals surface area contributed by atoms with Crippen molar-refractivity contribution in [3.8, 4) is 0 Å². The quantitative estimate of drug-likeness (QED) is 0.294. The van der Waals surface area contributed by atoms with E-state index in [1.807, 2.05) is 29.2 Å². The van der Waals surface area contributed by atoms with Crippen molar-refractivity contribution in [3.63, 3.8) is 0 Å². The zero-order valence-electron chi connectivity index (χ0n) is 19.9. The second kappa shape index (κ2) is 12.6. The molecule has 2 heterocycles. The number of carbonyl (C=O) groups excluding carboxylic acids is 1. The predicted molar refractivity (Wildman–Crippen MR) is 142 cm³/mol. The number of halogens is 1. The normalized spacial score (nSPS) is 17.9. The first-order valence-corrected chi connectivity index (χ1v) is 13.6. The average Bonchev–Trinajstić information content (AvgIpc) is 2.88. The van der Waals surface area contributed by atoms with Gasteiger partial charge < -0.3 is 9.80 Å². The van der Waals surface area contributed by atoms with Crippen LogP contribution in [0.3, 0.4) is 0 Å². The number of anilines is 1. The van der Waals surface area contributed by atoms with Gasteiger partial charge in [-0.15, -0.1) is 0 Å². The first kappa shape index (κ1) is 25.0. The number of piperazine rings is 1. The van der Waals surface area contributed by atoms with Crippen molar-refractivity contribution in [1.29, 1.82) is 0 Å². The van der Waals surface area contributed by atoms with Crippen LogP contribution < -0.4 is 4.90 Å². The second-order valence-electron chi connectivity index (χ2n) is 9.02. The van der Waals surface area contributed by atoms with Crippen LogP contribution in [0, 0.1) is 0 Å². The summed E-state index contributed by atoms with van der Waals surface area (Å²) in [6.45, 7) is 4.19. The topological polar surface area (TPSA) is 52.6 Å². The summed E-state index contributed by atoms with van der Waals surface area (Å²) in [4.78, 5) is 28.4. The minimum Gasteiger partial charge on any atom is -0.357 e. The van der Waals surface area contributed by atoms with Crippen LogP contribution >= 0.6 is 23.4 Å². The molecule has 2 aromatic rings. The lowest BCUT2D eigenvalue weighted by Crippen LogP contribution is -2.49. The van der Waals surface area contributed by atoms with Crippen molar-refractivity contribution >= 4 is 41.2 Å². The fraction of sp³-hybridized carbons (Fsp3) is 0.500. The number of rotatable bonds is 8. The van der Waals surface area contributed by atoms with Crippen molar-refractivity contribution < 1.29 is 4.79 Å². The summed E-state index contributed by atoms with van der Waals surface area (Å²) < 4.78 is 0. The maximum Gasteiger partial charge on any atom is 0.233 e. The van der Waals surface area contributed by atoms with Crippen LogP contribution in [0.2, 0.25) is 5.15 Å². The zero-order valence-corrected chi connectivity index (χ0v) is 21.5. The highest BCUT2D eigenvalue weighted by Crippen LogP contribution is 2.28.